The summed E-state index contributed by atoms with van der Waals surface area (Å²) in [6.07, 6.45) is 4.94. The number of hydrogen-bond acceptors (Lipinski definition) is 7. The molecule has 8 aromatic carbocycles. The standard InChI is InChI=1S/C64H54N8O/c1-7-24-51(25-8-1)63(52-26-9-2-10-27-52,53-28-11-3-12-29-53)68-60-41-59(58-37-38-65-42-47-21-19-23-49(39-47)46-73-57-36-20-22-48(40-57)44-71-45-50(58)43-66-71)61-62(67-60)72(70-69-61)64(54-30-13-4-14-31-54,55-32-15-5-16-33-55)56-34-17-6-18-35-56/h1-36,39-41,43,45,58,65H,37-38,42,44,46H2,(H,67,68). The molecule has 6 bridgehead atoms. The summed E-state index contributed by atoms with van der Waals surface area (Å²) in [5.74, 6) is 1.31. The van der Waals surface area contributed by atoms with E-state index in [1.165, 1.54) is 5.56 Å². The van der Waals surface area contributed by atoms with Crippen LogP contribution in [-0.4, -0.2) is 36.3 Å². The van der Waals surface area contributed by atoms with E-state index in [-0.39, 0.29) is 5.92 Å². The minimum atomic E-state index is -0.991. The summed E-state index contributed by atoms with van der Waals surface area (Å²) in [6, 6.07) is 83.1. The molecule has 9 nitrogen and oxygen atoms in total. The van der Waals surface area contributed by atoms with Crippen LogP contribution in [0.3, 0.4) is 0 Å². The molecule has 11 aromatic rings. The number of hydrogen-bond donors (Lipinski definition) is 2. The molecule has 0 fully saturated rings. The third kappa shape index (κ3) is 8.74. The fourth-order valence-electron chi connectivity index (χ4n) is 10.9. The SMILES string of the molecule is c1ccc(C(Nc2cc(C3CCNCc4cccc(c4)COc4cccc(c4)Cn4cc3cn4)c3nnn(C(c4ccccc4)(c4ccccc4)c4ccccc4)c3n2)(c2ccccc2)c2ccccc2)cc1. The van der Waals surface area contributed by atoms with Crippen LogP contribution in [0.25, 0.3) is 11.2 Å². The molecule has 1 atom stereocenters. The highest BCUT2D eigenvalue weighted by Crippen LogP contribution is 2.45. The zero-order valence-corrected chi connectivity index (χ0v) is 40.4. The molecule has 1 aliphatic heterocycles. The van der Waals surface area contributed by atoms with E-state index in [0.717, 1.165) is 67.8 Å². The number of anilines is 1. The number of benzene rings is 8. The Kier molecular flexibility index (Phi) is 12.4. The van der Waals surface area contributed by atoms with Crippen molar-refractivity contribution in [3.8, 4) is 5.75 Å². The lowest BCUT2D eigenvalue weighted by Gasteiger charge is -2.38. The van der Waals surface area contributed by atoms with Gasteiger partial charge in [-0.3, -0.25) is 4.68 Å². The first-order chi connectivity index (χ1) is 36.1. The smallest absolute Gasteiger partial charge is 0.182 e. The average molecular weight is 951 g/mol. The summed E-state index contributed by atoms with van der Waals surface area (Å²) in [7, 11) is 0. The molecule has 1 aliphatic rings. The second-order valence-corrected chi connectivity index (χ2v) is 18.8. The lowest BCUT2D eigenvalue weighted by atomic mass is 9.76. The number of ether oxygens (including phenoxy) is 1. The lowest BCUT2D eigenvalue weighted by molar-refractivity contribution is 0.305. The predicted octanol–water partition coefficient (Wildman–Crippen LogP) is 12.5. The fourth-order valence-corrected chi connectivity index (χ4v) is 10.9. The van der Waals surface area contributed by atoms with Gasteiger partial charge in [0.05, 0.1) is 12.7 Å². The molecule has 0 radical (unpaired) electrons. The number of nitrogens with zero attached hydrogens (tertiary/aromatic N) is 6. The van der Waals surface area contributed by atoms with Gasteiger partial charge in [-0.05, 0) is 92.4 Å². The Hall–Kier alpha value is -8.92. The Morgan fingerprint density at radius 1 is 0.548 bits per heavy atom. The van der Waals surface area contributed by atoms with Crippen molar-refractivity contribution in [2.75, 3.05) is 11.9 Å². The second kappa shape index (κ2) is 20.1. The maximum absolute atomic E-state index is 6.33. The van der Waals surface area contributed by atoms with Crippen molar-refractivity contribution < 1.29 is 4.74 Å². The summed E-state index contributed by atoms with van der Waals surface area (Å²) in [5.41, 5.74) is 11.2. The molecule has 1 unspecified atom stereocenters. The summed E-state index contributed by atoms with van der Waals surface area (Å²) >= 11 is 0. The monoisotopic (exact) mass is 950 g/mol. The summed E-state index contributed by atoms with van der Waals surface area (Å²) in [6.45, 7) is 2.47. The van der Waals surface area contributed by atoms with Crippen LogP contribution in [0.2, 0.25) is 0 Å². The van der Waals surface area contributed by atoms with Crippen LogP contribution in [0.4, 0.5) is 5.82 Å². The largest absolute Gasteiger partial charge is 0.489 e. The molecule has 0 spiro atoms. The Labute approximate surface area is 425 Å². The number of pyridine rings is 1. The van der Waals surface area contributed by atoms with Gasteiger partial charge in [-0.25, -0.2) is 9.67 Å². The molecule has 4 heterocycles. The lowest BCUT2D eigenvalue weighted by Crippen LogP contribution is -2.39. The van der Waals surface area contributed by atoms with Crippen molar-refractivity contribution in [3.05, 3.63) is 310 Å². The van der Waals surface area contributed by atoms with Crippen LogP contribution in [0.15, 0.2) is 249 Å². The quantitative estimate of drug-likeness (QED) is 0.132. The van der Waals surface area contributed by atoms with E-state index < -0.39 is 11.1 Å². The van der Waals surface area contributed by atoms with Crippen LogP contribution in [0, 0.1) is 0 Å². The summed E-state index contributed by atoms with van der Waals surface area (Å²) < 4.78 is 10.4. The molecule has 0 amide bonds. The van der Waals surface area contributed by atoms with Crippen LogP contribution >= 0.6 is 0 Å². The van der Waals surface area contributed by atoms with Gasteiger partial charge in [0.25, 0.3) is 0 Å². The third-order valence-corrected chi connectivity index (χ3v) is 14.3. The van der Waals surface area contributed by atoms with E-state index in [9.17, 15) is 0 Å². The predicted molar refractivity (Wildman–Crippen MR) is 289 cm³/mol. The highest BCUT2D eigenvalue weighted by molar-refractivity contribution is 5.80. The molecule has 73 heavy (non-hydrogen) atoms. The minimum Gasteiger partial charge on any atom is -0.489 e. The molecular weight excluding hydrogens is 897 g/mol. The number of aromatic nitrogens is 6. The zero-order chi connectivity index (χ0) is 48.9. The van der Waals surface area contributed by atoms with Crippen molar-refractivity contribution >= 4 is 17.0 Å². The molecular formula is C64H54N8O. The average Bonchev–Trinajstić information content (AvgIpc) is 4.11. The van der Waals surface area contributed by atoms with Crippen molar-refractivity contribution in [3.63, 3.8) is 0 Å². The first-order valence-electron chi connectivity index (χ1n) is 25.1. The number of rotatable bonds is 10. The van der Waals surface area contributed by atoms with Crippen molar-refractivity contribution in [2.45, 2.75) is 43.1 Å². The van der Waals surface area contributed by atoms with E-state index in [1.54, 1.807) is 0 Å². The molecule has 12 rings (SSSR count). The highest BCUT2D eigenvalue weighted by atomic mass is 16.5. The third-order valence-electron chi connectivity index (χ3n) is 14.3. The normalized spacial score (nSPS) is 14.2. The highest BCUT2D eigenvalue weighted by Gasteiger charge is 2.43. The van der Waals surface area contributed by atoms with Gasteiger partial charge in [-0.15, -0.1) is 5.10 Å². The van der Waals surface area contributed by atoms with E-state index >= 15 is 0 Å². The summed E-state index contributed by atoms with van der Waals surface area (Å²) in [4.78, 5) is 5.77. The fraction of sp³-hybridized carbons (Fsp3) is 0.125. The molecule has 9 heteroatoms. The Morgan fingerprint density at radius 3 is 1.67 bits per heavy atom. The van der Waals surface area contributed by atoms with Gasteiger partial charge in [0, 0.05) is 18.7 Å². The van der Waals surface area contributed by atoms with Crippen molar-refractivity contribution in [1.82, 2.24) is 35.1 Å². The van der Waals surface area contributed by atoms with Gasteiger partial charge >= 0.3 is 0 Å². The number of nitrogens with one attached hydrogen (secondary N) is 2. The second-order valence-electron chi connectivity index (χ2n) is 18.8. The van der Waals surface area contributed by atoms with Gasteiger partial charge in [0.2, 0.25) is 0 Å². The van der Waals surface area contributed by atoms with Crippen LogP contribution in [0.5, 0.6) is 5.75 Å². The van der Waals surface area contributed by atoms with Gasteiger partial charge in [0.1, 0.15) is 34.8 Å². The first kappa shape index (κ1) is 45.2. The van der Waals surface area contributed by atoms with E-state index in [0.29, 0.717) is 43.2 Å². The summed E-state index contributed by atoms with van der Waals surface area (Å²) in [5, 5.41) is 23.6. The van der Waals surface area contributed by atoms with Gasteiger partial charge < -0.3 is 15.4 Å². The van der Waals surface area contributed by atoms with Gasteiger partial charge in [-0.2, -0.15) is 5.10 Å². The van der Waals surface area contributed by atoms with Crippen LogP contribution in [0.1, 0.15) is 73.5 Å². The topological polar surface area (TPSA) is 94.7 Å². The van der Waals surface area contributed by atoms with E-state index in [4.69, 9.17) is 25.1 Å². The van der Waals surface area contributed by atoms with Crippen molar-refractivity contribution in [2.24, 2.45) is 0 Å². The van der Waals surface area contributed by atoms with Crippen LogP contribution in [-0.2, 0) is 30.8 Å². The molecule has 0 aliphatic carbocycles. The van der Waals surface area contributed by atoms with Crippen molar-refractivity contribution in [1.29, 1.82) is 0 Å². The molecule has 2 N–H and O–H groups in total. The molecule has 0 saturated carbocycles. The van der Waals surface area contributed by atoms with E-state index in [1.807, 2.05) is 16.9 Å². The zero-order valence-electron chi connectivity index (χ0n) is 40.4. The Morgan fingerprint density at radius 2 is 1.08 bits per heavy atom. The molecule has 0 saturated heterocycles. The van der Waals surface area contributed by atoms with Gasteiger partial charge in [0.15, 0.2) is 5.65 Å². The van der Waals surface area contributed by atoms with Gasteiger partial charge in [-0.1, -0.05) is 224 Å². The maximum atomic E-state index is 6.33. The molecule has 3 aromatic heterocycles. The number of fused-ring (bicyclic) bond motifs is 7. The van der Waals surface area contributed by atoms with Crippen LogP contribution < -0.4 is 15.4 Å². The minimum absolute atomic E-state index is 0.187. The Balaban J connectivity index is 1.12. The molecule has 356 valence electrons. The first-order valence-corrected chi connectivity index (χ1v) is 25.1. The van der Waals surface area contributed by atoms with E-state index in [2.05, 4.69) is 252 Å². The Bertz CT molecular complexity index is 3390. The maximum Gasteiger partial charge on any atom is 0.182 e.